The van der Waals surface area contributed by atoms with Gasteiger partial charge >= 0.3 is 5.97 Å². The van der Waals surface area contributed by atoms with Gasteiger partial charge in [0.25, 0.3) is 0 Å². The third-order valence-electron chi connectivity index (χ3n) is 5.62. The molecule has 0 aromatic carbocycles. The minimum absolute atomic E-state index is 0.383. The van der Waals surface area contributed by atoms with Gasteiger partial charge in [0.2, 0.25) is 6.43 Å². The number of aliphatic carboxylic acids is 1. The fraction of sp³-hybridized carbons (Fsp3) is 0.737. The van der Waals surface area contributed by atoms with Crippen LogP contribution < -0.4 is 0 Å². The van der Waals surface area contributed by atoms with Crippen LogP contribution in [0.15, 0.2) is 23.8 Å². The fourth-order valence-electron chi connectivity index (χ4n) is 4.02. The maximum absolute atomic E-state index is 12.7. The maximum atomic E-state index is 12.7. The summed E-state index contributed by atoms with van der Waals surface area (Å²) < 4.78 is 25.5. The van der Waals surface area contributed by atoms with Crippen LogP contribution in [0.4, 0.5) is 8.78 Å². The highest BCUT2D eigenvalue weighted by Crippen LogP contribution is 2.46. The number of rotatable bonds is 7. The van der Waals surface area contributed by atoms with Crippen LogP contribution in [-0.4, -0.2) is 17.5 Å². The van der Waals surface area contributed by atoms with E-state index in [-0.39, 0.29) is 0 Å². The molecule has 2 nitrogen and oxygen atoms in total. The minimum atomic E-state index is -2.54. The molecule has 1 unspecified atom stereocenters. The first kappa shape index (κ1) is 18.2. The summed E-state index contributed by atoms with van der Waals surface area (Å²) in [6.07, 6.45) is 10.5. The number of allylic oxidation sites excluding steroid dienone is 4. The molecule has 1 N–H and O–H groups in total. The molecule has 23 heavy (non-hydrogen) atoms. The summed E-state index contributed by atoms with van der Waals surface area (Å²) in [5.74, 6) is -0.170. The Balaban J connectivity index is 1.89. The lowest BCUT2D eigenvalue weighted by atomic mass is 9.65. The molecule has 0 saturated heterocycles. The molecule has 0 bridgehead atoms. The average Bonchev–Trinajstić information content (AvgIpc) is 2.53. The third kappa shape index (κ3) is 4.65. The predicted octanol–water partition coefficient (Wildman–Crippen LogP) is 5.60. The maximum Gasteiger partial charge on any atom is 0.309 e. The third-order valence-corrected chi connectivity index (χ3v) is 5.62. The minimum Gasteiger partial charge on any atom is -0.481 e. The van der Waals surface area contributed by atoms with E-state index < -0.39 is 24.2 Å². The molecule has 2 aliphatic rings. The summed E-state index contributed by atoms with van der Waals surface area (Å²) in [5, 5.41) is 9.39. The lowest BCUT2D eigenvalue weighted by Gasteiger charge is -2.39. The molecule has 0 amide bonds. The zero-order valence-electron chi connectivity index (χ0n) is 13.9. The number of carbonyl (C=O) groups is 1. The second-order valence-electron chi connectivity index (χ2n) is 7.16. The average molecular weight is 326 g/mol. The van der Waals surface area contributed by atoms with Gasteiger partial charge in [-0.3, -0.25) is 4.79 Å². The monoisotopic (exact) mass is 326 g/mol. The molecule has 0 radical (unpaired) electrons. The first-order chi connectivity index (χ1) is 11.0. The lowest BCUT2D eigenvalue weighted by molar-refractivity contribution is -0.155. The molecule has 1 saturated carbocycles. The Morgan fingerprint density at radius 3 is 2.57 bits per heavy atom. The van der Waals surface area contributed by atoms with Crippen LogP contribution in [0.1, 0.15) is 64.7 Å². The largest absolute Gasteiger partial charge is 0.481 e. The van der Waals surface area contributed by atoms with Gasteiger partial charge in [-0.05, 0) is 56.8 Å². The van der Waals surface area contributed by atoms with Crippen molar-refractivity contribution in [2.24, 2.45) is 17.3 Å². The van der Waals surface area contributed by atoms with E-state index >= 15 is 0 Å². The van der Waals surface area contributed by atoms with Gasteiger partial charge in [-0.15, -0.1) is 0 Å². The standard InChI is InChI=1S/C19H28F2O2/c1-2-3-4-14-5-7-15(8-6-14)16-9-11-19(12-10-16,18(22)23)13-17(20)21/h5-7,15-17H,2-4,8-13H2,1H3,(H,22,23)/t15?,16-,19-. The smallest absolute Gasteiger partial charge is 0.309 e. The molecule has 0 heterocycles. The molecule has 0 spiro atoms. The Morgan fingerprint density at radius 2 is 2.09 bits per heavy atom. The first-order valence-corrected chi connectivity index (χ1v) is 8.85. The molecule has 0 aromatic rings. The molecule has 1 fully saturated rings. The summed E-state index contributed by atoms with van der Waals surface area (Å²) in [5.41, 5.74) is 0.196. The Morgan fingerprint density at radius 1 is 1.39 bits per heavy atom. The number of halogens is 2. The zero-order chi connectivity index (χ0) is 16.9. The van der Waals surface area contributed by atoms with Crippen LogP contribution >= 0.6 is 0 Å². The van der Waals surface area contributed by atoms with Gasteiger partial charge in [0.15, 0.2) is 0 Å². The van der Waals surface area contributed by atoms with E-state index in [2.05, 4.69) is 25.2 Å². The van der Waals surface area contributed by atoms with Gasteiger partial charge in [-0.1, -0.05) is 37.1 Å². The van der Waals surface area contributed by atoms with Crippen LogP contribution in [0.2, 0.25) is 0 Å². The van der Waals surface area contributed by atoms with E-state index in [4.69, 9.17) is 0 Å². The number of hydrogen-bond acceptors (Lipinski definition) is 1. The van der Waals surface area contributed by atoms with Gasteiger partial charge in [-0.2, -0.15) is 0 Å². The molecular formula is C19H28F2O2. The summed E-state index contributed by atoms with van der Waals surface area (Å²) >= 11 is 0. The Labute approximate surface area is 137 Å². The van der Waals surface area contributed by atoms with Crippen LogP contribution in [0.5, 0.6) is 0 Å². The van der Waals surface area contributed by atoms with Crippen LogP contribution in [0, 0.1) is 17.3 Å². The van der Waals surface area contributed by atoms with Gasteiger partial charge in [0, 0.05) is 6.42 Å². The summed E-state index contributed by atoms with van der Waals surface area (Å²) in [7, 11) is 0. The highest BCUT2D eigenvalue weighted by Gasteiger charge is 2.44. The molecular weight excluding hydrogens is 298 g/mol. The second kappa shape index (κ2) is 8.07. The molecule has 0 aliphatic heterocycles. The normalized spacial score (nSPS) is 31.2. The summed E-state index contributed by atoms with van der Waals surface area (Å²) in [6.45, 7) is 2.19. The number of hydrogen-bond donors (Lipinski definition) is 1. The quantitative estimate of drug-likeness (QED) is 0.661. The molecule has 0 aromatic heterocycles. The Hall–Kier alpha value is -1.19. The van der Waals surface area contributed by atoms with Crippen molar-refractivity contribution in [3.05, 3.63) is 23.8 Å². The predicted molar refractivity (Wildman–Crippen MR) is 87.5 cm³/mol. The van der Waals surface area contributed by atoms with Gasteiger partial charge in [0.1, 0.15) is 0 Å². The van der Waals surface area contributed by atoms with Gasteiger partial charge in [-0.25, -0.2) is 8.78 Å². The number of carboxylic acid groups (broad SMARTS) is 1. The van der Waals surface area contributed by atoms with E-state index in [9.17, 15) is 18.7 Å². The molecule has 2 aliphatic carbocycles. The number of carboxylic acids is 1. The number of unbranched alkanes of at least 4 members (excludes halogenated alkanes) is 1. The van der Waals surface area contributed by atoms with E-state index in [1.54, 1.807) is 0 Å². The van der Waals surface area contributed by atoms with Crippen molar-refractivity contribution in [1.82, 2.24) is 0 Å². The van der Waals surface area contributed by atoms with Crippen molar-refractivity contribution in [2.75, 3.05) is 0 Å². The summed E-state index contributed by atoms with van der Waals surface area (Å²) in [6, 6.07) is 0. The topological polar surface area (TPSA) is 37.3 Å². The van der Waals surface area contributed by atoms with Crippen molar-refractivity contribution in [3.8, 4) is 0 Å². The first-order valence-electron chi connectivity index (χ1n) is 8.85. The van der Waals surface area contributed by atoms with E-state index in [1.165, 1.54) is 18.4 Å². The van der Waals surface area contributed by atoms with E-state index in [0.29, 0.717) is 24.7 Å². The van der Waals surface area contributed by atoms with Crippen molar-refractivity contribution in [3.63, 3.8) is 0 Å². The zero-order valence-corrected chi connectivity index (χ0v) is 13.9. The van der Waals surface area contributed by atoms with Crippen molar-refractivity contribution < 1.29 is 18.7 Å². The molecule has 4 heteroatoms. The molecule has 1 atom stereocenters. The number of alkyl halides is 2. The Bertz CT molecular complexity index is 460. The fourth-order valence-corrected chi connectivity index (χ4v) is 4.02. The second-order valence-corrected chi connectivity index (χ2v) is 7.16. The van der Waals surface area contributed by atoms with Crippen LogP contribution in [-0.2, 0) is 4.79 Å². The lowest BCUT2D eigenvalue weighted by Crippen LogP contribution is -2.38. The highest BCUT2D eigenvalue weighted by atomic mass is 19.3. The summed E-state index contributed by atoms with van der Waals surface area (Å²) in [4.78, 5) is 11.5. The Kier molecular flexibility index (Phi) is 6.37. The van der Waals surface area contributed by atoms with Gasteiger partial charge < -0.3 is 5.11 Å². The molecule has 130 valence electrons. The van der Waals surface area contributed by atoms with Gasteiger partial charge in [0.05, 0.1) is 5.41 Å². The van der Waals surface area contributed by atoms with E-state index in [1.807, 2.05) is 0 Å². The van der Waals surface area contributed by atoms with E-state index in [0.717, 1.165) is 25.7 Å². The van der Waals surface area contributed by atoms with Crippen molar-refractivity contribution in [1.29, 1.82) is 0 Å². The molecule has 2 rings (SSSR count). The van der Waals surface area contributed by atoms with Crippen molar-refractivity contribution >= 4 is 5.97 Å². The highest BCUT2D eigenvalue weighted by molar-refractivity contribution is 5.74. The SMILES string of the molecule is CCCCC1=CCC([C@H]2CC[C@](CC(F)F)(C(=O)O)CC2)C=C1. The van der Waals surface area contributed by atoms with Crippen LogP contribution in [0.25, 0.3) is 0 Å². The van der Waals surface area contributed by atoms with Crippen LogP contribution in [0.3, 0.4) is 0 Å². The van der Waals surface area contributed by atoms with Crippen molar-refractivity contribution in [2.45, 2.75) is 71.1 Å².